The minimum absolute atomic E-state index is 0.0692. The van der Waals surface area contributed by atoms with Crippen molar-refractivity contribution >= 4 is 16.6 Å². The third-order valence-corrected chi connectivity index (χ3v) is 16.2. The van der Waals surface area contributed by atoms with Crippen molar-refractivity contribution in [1.29, 1.82) is 0 Å². The quantitative estimate of drug-likeness (QED) is 0.277. The first-order valence-electron chi connectivity index (χ1n) is 11.7. The SMILES string of the molecule is CC(C)(C)[Si](C)(C)O[C@H](CCCCN)C[C@H](O[Si](C)(C)C(C)(C)C)c1ccccc1. The molecule has 0 saturated carbocycles. The number of nitrogens with two attached hydrogens (primary N) is 1. The standard InChI is InChI=1S/C25H49NO2Si2/c1-24(2,3)29(7,8)27-22(18-14-15-19-26)20-23(21-16-12-11-13-17-21)28-30(9,10)25(4,5)6/h11-13,16-17,22-23H,14-15,18-20,26H2,1-10H3/t22-,23+/m1/s1. The first kappa shape index (κ1) is 27.6. The van der Waals surface area contributed by atoms with Gasteiger partial charge in [0.15, 0.2) is 16.6 Å². The lowest BCUT2D eigenvalue weighted by atomic mass is 10.0. The van der Waals surface area contributed by atoms with Crippen molar-refractivity contribution in [2.45, 2.75) is 116 Å². The summed E-state index contributed by atoms with van der Waals surface area (Å²) in [6.07, 6.45) is 4.39. The van der Waals surface area contributed by atoms with Crippen LogP contribution in [0.25, 0.3) is 0 Å². The molecule has 0 aliphatic carbocycles. The molecule has 0 aliphatic heterocycles. The van der Waals surface area contributed by atoms with Crippen molar-refractivity contribution in [2.75, 3.05) is 6.54 Å². The van der Waals surface area contributed by atoms with Gasteiger partial charge in [-0.2, -0.15) is 0 Å². The Bertz CT molecular complexity index is 618. The predicted octanol–water partition coefficient (Wildman–Crippen LogP) is 7.66. The molecule has 0 amide bonds. The maximum absolute atomic E-state index is 6.97. The molecule has 2 atom stereocenters. The molecular weight excluding hydrogens is 402 g/mol. The molecule has 0 bridgehead atoms. The third kappa shape index (κ3) is 8.23. The van der Waals surface area contributed by atoms with Crippen molar-refractivity contribution in [3.05, 3.63) is 35.9 Å². The average Bonchev–Trinajstić information content (AvgIpc) is 2.59. The monoisotopic (exact) mass is 451 g/mol. The largest absolute Gasteiger partial charge is 0.414 e. The Labute approximate surface area is 189 Å². The summed E-state index contributed by atoms with van der Waals surface area (Å²) < 4.78 is 13.9. The van der Waals surface area contributed by atoms with Crippen LogP contribution in [0.5, 0.6) is 0 Å². The van der Waals surface area contributed by atoms with E-state index in [0.717, 1.165) is 32.2 Å². The maximum atomic E-state index is 6.97. The van der Waals surface area contributed by atoms with Crippen molar-refractivity contribution in [2.24, 2.45) is 5.73 Å². The molecule has 0 heterocycles. The van der Waals surface area contributed by atoms with E-state index in [4.69, 9.17) is 14.6 Å². The van der Waals surface area contributed by atoms with Gasteiger partial charge in [0, 0.05) is 12.5 Å². The van der Waals surface area contributed by atoms with Gasteiger partial charge in [-0.3, -0.25) is 0 Å². The smallest absolute Gasteiger partial charge is 0.192 e. The van der Waals surface area contributed by atoms with Gasteiger partial charge in [0.05, 0.1) is 6.10 Å². The first-order valence-corrected chi connectivity index (χ1v) is 17.5. The topological polar surface area (TPSA) is 44.5 Å². The fourth-order valence-corrected chi connectivity index (χ4v) is 5.72. The highest BCUT2D eigenvalue weighted by Gasteiger charge is 2.42. The van der Waals surface area contributed by atoms with E-state index < -0.39 is 16.6 Å². The molecule has 2 N–H and O–H groups in total. The van der Waals surface area contributed by atoms with Crippen molar-refractivity contribution in [3.8, 4) is 0 Å². The van der Waals surface area contributed by atoms with Gasteiger partial charge in [-0.15, -0.1) is 0 Å². The van der Waals surface area contributed by atoms with E-state index in [2.05, 4.69) is 98.1 Å². The summed E-state index contributed by atoms with van der Waals surface area (Å²) in [5.74, 6) is 0. The second-order valence-electron chi connectivity index (χ2n) is 11.8. The molecule has 1 rings (SSSR count). The Morgan fingerprint density at radius 3 is 1.77 bits per heavy atom. The van der Waals surface area contributed by atoms with Gasteiger partial charge in [-0.1, -0.05) is 71.9 Å². The van der Waals surface area contributed by atoms with E-state index in [1.54, 1.807) is 0 Å². The molecule has 0 saturated heterocycles. The summed E-state index contributed by atoms with van der Waals surface area (Å²) in [5.41, 5.74) is 7.05. The zero-order chi connectivity index (χ0) is 23.2. The van der Waals surface area contributed by atoms with Crippen LogP contribution in [0.2, 0.25) is 36.3 Å². The average molecular weight is 452 g/mol. The van der Waals surface area contributed by atoms with Gasteiger partial charge >= 0.3 is 0 Å². The van der Waals surface area contributed by atoms with E-state index >= 15 is 0 Å². The Hall–Kier alpha value is -0.466. The third-order valence-electron chi connectivity index (χ3n) is 7.14. The van der Waals surface area contributed by atoms with Crippen LogP contribution in [-0.2, 0) is 8.85 Å². The zero-order valence-corrected chi connectivity index (χ0v) is 23.5. The lowest BCUT2D eigenvalue weighted by Crippen LogP contribution is -2.45. The Morgan fingerprint density at radius 2 is 1.30 bits per heavy atom. The van der Waals surface area contributed by atoms with Gasteiger partial charge in [0.25, 0.3) is 0 Å². The van der Waals surface area contributed by atoms with Crippen LogP contribution in [0.1, 0.15) is 78.9 Å². The minimum atomic E-state index is -1.92. The molecule has 3 nitrogen and oxygen atoms in total. The number of unbranched alkanes of at least 4 members (excludes halogenated alkanes) is 1. The molecule has 174 valence electrons. The molecule has 1 aromatic carbocycles. The Kier molecular flexibility index (Phi) is 10.0. The van der Waals surface area contributed by atoms with Crippen LogP contribution in [-0.4, -0.2) is 29.3 Å². The highest BCUT2D eigenvalue weighted by Crippen LogP contribution is 2.43. The highest BCUT2D eigenvalue weighted by molar-refractivity contribution is 6.74. The fraction of sp³-hybridized carbons (Fsp3) is 0.760. The molecule has 30 heavy (non-hydrogen) atoms. The summed E-state index contributed by atoms with van der Waals surface area (Å²) in [5, 5.41) is 0.372. The molecule has 0 unspecified atom stereocenters. The van der Waals surface area contributed by atoms with Crippen LogP contribution in [0.4, 0.5) is 0 Å². The summed E-state index contributed by atoms with van der Waals surface area (Å²) in [7, 11) is -3.78. The molecular formula is C25H49NO2Si2. The van der Waals surface area contributed by atoms with Crippen molar-refractivity contribution in [3.63, 3.8) is 0 Å². The number of benzene rings is 1. The fourth-order valence-electron chi connectivity index (χ4n) is 3.03. The van der Waals surface area contributed by atoms with Gasteiger partial charge in [-0.05, 0) is 67.6 Å². The van der Waals surface area contributed by atoms with Gasteiger partial charge in [0.1, 0.15) is 0 Å². The van der Waals surface area contributed by atoms with Crippen LogP contribution < -0.4 is 5.73 Å². The normalized spacial score (nSPS) is 15.8. The summed E-state index contributed by atoms with van der Waals surface area (Å²) >= 11 is 0. The van der Waals surface area contributed by atoms with Crippen molar-refractivity contribution < 1.29 is 8.85 Å². The summed E-state index contributed by atoms with van der Waals surface area (Å²) in [6, 6.07) is 10.7. The molecule has 0 fully saturated rings. The molecule has 0 radical (unpaired) electrons. The summed E-state index contributed by atoms with van der Waals surface area (Å²) in [4.78, 5) is 0. The minimum Gasteiger partial charge on any atom is -0.414 e. The van der Waals surface area contributed by atoms with Crippen LogP contribution >= 0.6 is 0 Å². The number of hydrogen-bond donors (Lipinski definition) is 1. The number of rotatable bonds is 11. The van der Waals surface area contributed by atoms with Gasteiger partial charge < -0.3 is 14.6 Å². The predicted molar refractivity (Wildman–Crippen MR) is 137 cm³/mol. The molecule has 1 aromatic rings. The highest BCUT2D eigenvalue weighted by atomic mass is 28.4. The Balaban J connectivity index is 3.17. The maximum Gasteiger partial charge on any atom is 0.192 e. The summed E-state index contributed by atoms with van der Waals surface area (Å²) in [6.45, 7) is 24.0. The first-order chi connectivity index (χ1) is 13.6. The zero-order valence-electron chi connectivity index (χ0n) is 21.5. The van der Waals surface area contributed by atoms with E-state index in [0.29, 0.717) is 0 Å². The van der Waals surface area contributed by atoms with E-state index in [1.807, 2.05) is 0 Å². The van der Waals surface area contributed by atoms with E-state index in [1.165, 1.54) is 5.56 Å². The van der Waals surface area contributed by atoms with Crippen LogP contribution in [0, 0.1) is 0 Å². The lowest BCUT2D eigenvalue weighted by Gasteiger charge is -2.42. The van der Waals surface area contributed by atoms with Crippen LogP contribution in [0.3, 0.4) is 0 Å². The molecule has 5 heteroatoms. The number of hydrogen-bond acceptors (Lipinski definition) is 3. The van der Waals surface area contributed by atoms with Gasteiger partial charge in [-0.25, -0.2) is 0 Å². The molecule has 0 aromatic heterocycles. The lowest BCUT2D eigenvalue weighted by molar-refractivity contribution is 0.0854. The molecule has 0 spiro atoms. The van der Waals surface area contributed by atoms with E-state index in [9.17, 15) is 0 Å². The van der Waals surface area contributed by atoms with E-state index in [-0.39, 0.29) is 22.3 Å². The van der Waals surface area contributed by atoms with Gasteiger partial charge in [0.2, 0.25) is 0 Å². The van der Waals surface area contributed by atoms with Crippen LogP contribution in [0.15, 0.2) is 30.3 Å². The second-order valence-corrected chi connectivity index (χ2v) is 21.3. The molecule has 0 aliphatic rings. The second kappa shape index (κ2) is 10.9. The van der Waals surface area contributed by atoms with Crippen molar-refractivity contribution in [1.82, 2.24) is 0 Å². The Morgan fingerprint density at radius 1 is 0.800 bits per heavy atom.